The van der Waals surface area contributed by atoms with Gasteiger partial charge in [-0.2, -0.15) is 0 Å². The standard InChI is InChI=1S/C28H22O7/c29-19-6-2-15(3-7-19)1-4-16-9-22(32)14-25-26(16)27(18-10-20(30)13-21(31)11-18)28(35-25)17-5-8-23(33)24(34)12-17/h1-14,27-34H/t27-,28-/m1/s1. The average molecular weight is 470 g/mol. The molecule has 1 aliphatic rings. The van der Waals surface area contributed by atoms with E-state index in [9.17, 15) is 30.6 Å². The molecule has 1 heterocycles. The van der Waals surface area contributed by atoms with Gasteiger partial charge in [0.2, 0.25) is 0 Å². The zero-order valence-electron chi connectivity index (χ0n) is 18.3. The second-order valence-corrected chi connectivity index (χ2v) is 8.42. The van der Waals surface area contributed by atoms with Gasteiger partial charge in [-0.05, 0) is 64.7 Å². The molecule has 0 spiro atoms. The van der Waals surface area contributed by atoms with Crippen LogP contribution in [0.5, 0.6) is 40.2 Å². The SMILES string of the molecule is Oc1ccc(C=Cc2cc(O)cc3c2[C@@H](c2cc(O)cc(O)c2)[C@@H](c2ccc(O)c(O)c2)O3)cc1. The van der Waals surface area contributed by atoms with E-state index in [1.807, 2.05) is 6.08 Å². The number of ether oxygens (including phenoxy) is 1. The normalized spacial score (nSPS) is 16.8. The Morgan fingerprint density at radius 3 is 1.94 bits per heavy atom. The molecule has 0 saturated heterocycles. The lowest BCUT2D eigenvalue weighted by molar-refractivity contribution is 0.221. The Balaban J connectivity index is 1.68. The van der Waals surface area contributed by atoms with E-state index in [-0.39, 0.29) is 34.5 Å². The first-order valence-electron chi connectivity index (χ1n) is 10.8. The largest absolute Gasteiger partial charge is 0.508 e. The fourth-order valence-corrected chi connectivity index (χ4v) is 4.45. The van der Waals surface area contributed by atoms with Gasteiger partial charge >= 0.3 is 0 Å². The van der Waals surface area contributed by atoms with Crippen LogP contribution in [0.1, 0.15) is 39.8 Å². The molecule has 4 aromatic carbocycles. The van der Waals surface area contributed by atoms with Crippen LogP contribution < -0.4 is 4.74 Å². The summed E-state index contributed by atoms with van der Waals surface area (Å²) in [7, 11) is 0. The lowest BCUT2D eigenvalue weighted by Crippen LogP contribution is -2.12. The topological polar surface area (TPSA) is 131 Å². The van der Waals surface area contributed by atoms with Crippen LogP contribution in [0.25, 0.3) is 12.2 Å². The molecule has 176 valence electrons. The molecule has 4 aromatic rings. The molecule has 0 fully saturated rings. The van der Waals surface area contributed by atoms with E-state index < -0.39 is 12.0 Å². The van der Waals surface area contributed by atoms with E-state index in [1.54, 1.807) is 42.5 Å². The molecular weight excluding hydrogens is 448 g/mol. The first kappa shape index (κ1) is 22.0. The Morgan fingerprint density at radius 2 is 1.26 bits per heavy atom. The van der Waals surface area contributed by atoms with Gasteiger partial charge in [-0.1, -0.05) is 30.4 Å². The van der Waals surface area contributed by atoms with Gasteiger partial charge < -0.3 is 35.4 Å². The van der Waals surface area contributed by atoms with E-state index in [0.29, 0.717) is 28.0 Å². The van der Waals surface area contributed by atoms with Crippen molar-refractivity contribution in [3.8, 4) is 40.2 Å². The van der Waals surface area contributed by atoms with Crippen molar-refractivity contribution in [2.24, 2.45) is 0 Å². The average Bonchev–Trinajstić information content (AvgIpc) is 3.19. The molecule has 0 aliphatic carbocycles. The second-order valence-electron chi connectivity index (χ2n) is 8.42. The highest BCUT2D eigenvalue weighted by molar-refractivity contribution is 5.75. The van der Waals surface area contributed by atoms with Crippen LogP contribution in [0.2, 0.25) is 0 Å². The van der Waals surface area contributed by atoms with Gasteiger partial charge in [0, 0.05) is 17.7 Å². The summed E-state index contributed by atoms with van der Waals surface area (Å²) in [4.78, 5) is 0. The highest BCUT2D eigenvalue weighted by Gasteiger charge is 2.39. The van der Waals surface area contributed by atoms with Gasteiger partial charge in [0.15, 0.2) is 11.5 Å². The first-order chi connectivity index (χ1) is 16.8. The Hall–Kier alpha value is -4.78. The van der Waals surface area contributed by atoms with Crippen molar-refractivity contribution in [2.75, 3.05) is 0 Å². The number of phenols is 6. The monoisotopic (exact) mass is 470 g/mol. The summed E-state index contributed by atoms with van der Waals surface area (Å²) in [5, 5.41) is 60.2. The van der Waals surface area contributed by atoms with E-state index in [4.69, 9.17) is 4.74 Å². The molecule has 7 heteroatoms. The molecule has 0 unspecified atom stereocenters. The van der Waals surface area contributed by atoms with Crippen molar-refractivity contribution in [1.82, 2.24) is 0 Å². The molecule has 0 amide bonds. The Morgan fingerprint density at radius 1 is 0.571 bits per heavy atom. The van der Waals surface area contributed by atoms with E-state index in [1.165, 1.54) is 36.4 Å². The highest BCUT2D eigenvalue weighted by atomic mass is 16.5. The van der Waals surface area contributed by atoms with Crippen molar-refractivity contribution >= 4 is 12.2 Å². The summed E-state index contributed by atoms with van der Waals surface area (Å²) < 4.78 is 6.24. The molecule has 5 rings (SSSR count). The van der Waals surface area contributed by atoms with Crippen LogP contribution in [-0.4, -0.2) is 30.6 Å². The van der Waals surface area contributed by atoms with Crippen LogP contribution in [0.3, 0.4) is 0 Å². The predicted molar refractivity (Wildman–Crippen MR) is 130 cm³/mol. The lowest BCUT2D eigenvalue weighted by Gasteiger charge is -2.21. The van der Waals surface area contributed by atoms with Crippen molar-refractivity contribution in [3.05, 3.63) is 101 Å². The third-order valence-corrected chi connectivity index (χ3v) is 5.99. The summed E-state index contributed by atoms with van der Waals surface area (Å²) >= 11 is 0. The molecular formula is C28H22O7. The van der Waals surface area contributed by atoms with Gasteiger partial charge in [0.1, 0.15) is 34.9 Å². The maximum atomic E-state index is 10.4. The molecule has 2 atom stereocenters. The number of phenolic OH excluding ortho intramolecular Hbond substituents is 6. The zero-order chi connectivity index (χ0) is 24.7. The van der Waals surface area contributed by atoms with Crippen LogP contribution >= 0.6 is 0 Å². The molecule has 0 aromatic heterocycles. The zero-order valence-corrected chi connectivity index (χ0v) is 18.3. The predicted octanol–water partition coefficient (Wildman–Crippen LogP) is 5.36. The third-order valence-electron chi connectivity index (χ3n) is 5.99. The van der Waals surface area contributed by atoms with E-state index in [0.717, 1.165) is 5.56 Å². The minimum Gasteiger partial charge on any atom is -0.508 e. The van der Waals surface area contributed by atoms with Crippen molar-refractivity contribution in [2.45, 2.75) is 12.0 Å². The molecule has 6 N–H and O–H groups in total. The molecule has 35 heavy (non-hydrogen) atoms. The van der Waals surface area contributed by atoms with Crippen molar-refractivity contribution < 1.29 is 35.4 Å². The number of rotatable bonds is 4. The molecule has 0 bridgehead atoms. The van der Waals surface area contributed by atoms with Crippen LogP contribution in [0.15, 0.2) is 72.8 Å². The van der Waals surface area contributed by atoms with Gasteiger partial charge in [-0.25, -0.2) is 0 Å². The quantitative estimate of drug-likeness (QED) is 0.175. The molecule has 0 saturated carbocycles. The second kappa shape index (κ2) is 8.53. The third kappa shape index (κ3) is 4.27. The number of fused-ring (bicyclic) bond motifs is 1. The minimum atomic E-state index is -0.694. The Bertz CT molecular complexity index is 1420. The van der Waals surface area contributed by atoms with E-state index >= 15 is 0 Å². The summed E-state index contributed by atoms with van der Waals surface area (Å²) in [6.45, 7) is 0. The lowest BCUT2D eigenvalue weighted by atomic mass is 9.82. The van der Waals surface area contributed by atoms with E-state index in [2.05, 4.69) is 0 Å². The fourth-order valence-electron chi connectivity index (χ4n) is 4.45. The minimum absolute atomic E-state index is 0.0131. The van der Waals surface area contributed by atoms with Crippen LogP contribution in [0.4, 0.5) is 0 Å². The van der Waals surface area contributed by atoms with Crippen molar-refractivity contribution in [3.63, 3.8) is 0 Å². The number of benzene rings is 4. The molecule has 0 radical (unpaired) electrons. The molecule has 7 nitrogen and oxygen atoms in total. The van der Waals surface area contributed by atoms with Gasteiger partial charge in [-0.15, -0.1) is 0 Å². The van der Waals surface area contributed by atoms with Gasteiger partial charge in [0.05, 0.1) is 5.92 Å². The summed E-state index contributed by atoms with van der Waals surface area (Å²) in [5.74, 6) is -0.826. The number of hydrogen-bond donors (Lipinski definition) is 6. The van der Waals surface area contributed by atoms with Gasteiger partial charge in [0.25, 0.3) is 0 Å². The summed E-state index contributed by atoms with van der Waals surface area (Å²) in [6.07, 6.45) is 2.94. The Kier molecular flexibility index (Phi) is 5.37. The smallest absolute Gasteiger partial charge is 0.157 e. The van der Waals surface area contributed by atoms with Crippen LogP contribution in [0, 0.1) is 0 Å². The highest BCUT2D eigenvalue weighted by Crippen LogP contribution is 2.53. The number of hydrogen-bond acceptors (Lipinski definition) is 7. The summed E-state index contributed by atoms with van der Waals surface area (Å²) in [6, 6.07) is 18.4. The number of aromatic hydroxyl groups is 6. The Labute approximate surface area is 200 Å². The molecule has 1 aliphatic heterocycles. The fraction of sp³-hybridized carbons (Fsp3) is 0.0714. The maximum absolute atomic E-state index is 10.4. The summed E-state index contributed by atoms with van der Waals surface area (Å²) in [5.41, 5.74) is 3.29. The first-order valence-corrected chi connectivity index (χ1v) is 10.8. The van der Waals surface area contributed by atoms with Crippen LogP contribution in [-0.2, 0) is 0 Å². The van der Waals surface area contributed by atoms with Crippen molar-refractivity contribution in [1.29, 1.82) is 0 Å². The maximum Gasteiger partial charge on any atom is 0.157 e. The van der Waals surface area contributed by atoms with Gasteiger partial charge in [-0.3, -0.25) is 0 Å².